The van der Waals surface area contributed by atoms with E-state index in [4.69, 9.17) is 0 Å². The van der Waals surface area contributed by atoms with Gasteiger partial charge in [-0.2, -0.15) is 4.39 Å². The van der Waals surface area contributed by atoms with Crippen molar-refractivity contribution in [1.29, 1.82) is 0 Å². The molecule has 1 aromatic carbocycles. The molecule has 9 heteroatoms. The van der Waals surface area contributed by atoms with E-state index in [2.05, 4.69) is 14.9 Å². The van der Waals surface area contributed by atoms with Crippen LogP contribution in [0.1, 0.15) is 10.4 Å². The average molecular weight is 268 g/mol. The summed E-state index contributed by atoms with van der Waals surface area (Å²) >= 11 is 0.963. The molecule has 0 aliphatic rings. The van der Waals surface area contributed by atoms with Crippen molar-refractivity contribution in [3.63, 3.8) is 0 Å². The van der Waals surface area contributed by atoms with Gasteiger partial charge in [0.05, 0.1) is 11.1 Å². The Bertz CT molecular complexity index is 602. The van der Waals surface area contributed by atoms with Crippen molar-refractivity contribution in [1.82, 2.24) is 9.59 Å². The lowest BCUT2D eigenvalue weighted by Gasteiger charge is -2.01. The molecule has 2 rings (SSSR count). The molecule has 0 unspecified atom stereocenters. The molecule has 0 saturated heterocycles. The minimum atomic E-state index is -1.06. The molecule has 7 nitrogen and oxygen atoms in total. The Kier molecular flexibility index (Phi) is 3.24. The number of anilines is 1. The molecule has 0 atom stereocenters. The lowest BCUT2D eigenvalue weighted by molar-refractivity contribution is -0.387. The summed E-state index contributed by atoms with van der Waals surface area (Å²) in [6, 6.07) is 2.92. The lowest BCUT2D eigenvalue weighted by Crippen LogP contribution is -2.11. The van der Waals surface area contributed by atoms with Gasteiger partial charge in [-0.15, -0.1) is 5.10 Å². The molecule has 0 bridgehead atoms. The van der Waals surface area contributed by atoms with Crippen molar-refractivity contribution in [3.05, 3.63) is 45.9 Å². The number of benzene rings is 1. The number of halogens is 1. The van der Waals surface area contributed by atoms with Crippen LogP contribution in [0.5, 0.6) is 0 Å². The Labute approximate surface area is 104 Å². The normalized spacial score (nSPS) is 10.1. The molecule has 0 saturated carbocycles. The number of nitro benzene ring substituents is 1. The summed E-state index contributed by atoms with van der Waals surface area (Å²) in [4.78, 5) is 21.2. The molecule has 0 aliphatic carbocycles. The van der Waals surface area contributed by atoms with Gasteiger partial charge in [0.15, 0.2) is 0 Å². The Morgan fingerprint density at radius 1 is 1.50 bits per heavy atom. The third kappa shape index (κ3) is 2.46. The molecule has 2 aromatic rings. The van der Waals surface area contributed by atoms with E-state index in [-0.39, 0.29) is 5.56 Å². The predicted octanol–water partition coefficient (Wildman–Crippen LogP) is 1.84. The van der Waals surface area contributed by atoms with Gasteiger partial charge >= 0.3 is 5.69 Å². The minimum Gasteiger partial charge on any atom is -0.311 e. The summed E-state index contributed by atoms with van der Waals surface area (Å²) in [6.45, 7) is 0. The first-order valence-electron chi connectivity index (χ1n) is 4.60. The lowest BCUT2D eigenvalue weighted by atomic mass is 10.2. The molecule has 0 spiro atoms. The van der Waals surface area contributed by atoms with E-state index in [9.17, 15) is 19.3 Å². The molecule has 1 heterocycles. The Morgan fingerprint density at radius 2 is 2.28 bits per heavy atom. The SMILES string of the molecule is O=C(Nc1cnns1)c1ccc([N+](=O)[O-])c(F)c1. The van der Waals surface area contributed by atoms with Crippen molar-refractivity contribution < 1.29 is 14.1 Å². The zero-order chi connectivity index (χ0) is 13.1. The molecule has 0 fully saturated rings. The second-order valence-electron chi connectivity index (χ2n) is 3.16. The van der Waals surface area contributed by atoms with E-state index < -0.39 is 22.3 Å². The summed E-state index contributed by atoms with van der Waals surface area (Å²) in [7, 11) is 0. The van der Waals surface area contributed by atoms with Crippen LogP contribution in [0.3, 0.4) is 0 Å². The maximum atomic E-state index is 13.3. The van der Waals surface area contributed by atoms with Crippen molar-refractivity contribution in [2.45, 2.75) is 0 Å². The highest BCUT2D eigenvalue weighted by Gasteiger charge is 2.17. The van der Waals surface area contributed by atoms with Gasteiger partial charge < -0.3 is 5.32 Å². The van der Waals surface area contributed by atoms with Crippen LogP contribution < -0.4 is 5.32 Å². The zero-order valence-electron chi connectivity index (χ0n) is 8.66. The third-order valence-electron chi connectivity index (χ3n) is 2.00. The number of nitro groups is 1. The highest BCUT2D eigenvalue weighted by Crippen LogP contribution is 2.19. The van der Waals surface area contributed by atoms with Crippen molar-refractivity contribution in [2.75, 3.05) is 5.32 Å². The smallest absolute Gasteiger partial charge is 0.304 e. The first kappa shape index (κ1) is 12.0. The Balaban J connectivity index is 2.21. The summed E-state index contributed by atoms with van der Waals surface area (Å²) in [6.07, 6.45) is 1.34. The number of aromatic nitrogens is 2. The molecule has 0 radical (unpaired) electrons. The summed E-state index contributed by atoms with van der Waals surface area (Å²) < 4.78 is 16.8. The molecule has 92 valence electrons. The molecule has 1 aromatic heterocycles. The van der Waals surface area contributed by atoms with Crippen LogP contribution in [0.25, 0.3) is 0 Å². The van der Waals surface area contributed by atoms with Crippen LogP contribution in [0.4, 0.5) is 15.1 Å². The minimum absolute atomic E-state index is 0.0218. The van der Waals surface area contributed by atoms with Crippen molar-refractivity contribution in [3.8, 4) is 0 Å². The second-order valence-corrected chi connectivity index (χ2v) is 3.94. The van der Waals surface area contributed by atoms with Crippen LogP contribution in [0.15, 0.2) is 24.4 Å². The van der Waals surface area contributed by atoms with Gasteiger partial charge in [0.1, 0.15) is 5.00 Å². The van der Waals surface area contributed by atoms with E-state index in [0.29, 0.717) is 5.00 Å². The van der Waals surface area contributed by atoms with E-state index in [1.54, 1.807) is 0 Å². The first-order chi connectivity index (χ1) is 8.58. The predicted molar refractivity (Wildman–Crippen MR) is 60.9 cm³/mol. The molecule has 0 aliphatic heterocycles. The van der Waals surface area contributed by atoms with Crippen LogP contribution in [0.2, 0.25) is 0 Å². The number of nitrogens with one attached hydrogen (secondary N) is 1. The number of carbonyl (C=O) groups excluding carboxylic acids is 1. The van der Waals surface area contributed by atoms with Gasteiger partial charge in [0.2, 0.25) is 5.82 Å². The summed E-state index contributed by atoms with van der Waals surface area (Å²) in [5, 5.41) is 16.8. The fraction of sp³-hybridized carbons (Fsp3) is 0. The van der Waals surface area contributed by atoms with Crippen molar-refractivity contribution in [2.24, 2.45) is 0 Å². The van der Waals surface area contributed by atoms with Gasteiger partial charge in [-0.1, -0.05) is 4.49 Å². The van der Waals surface area contributed by atoms with E-state index in [1.807, 2.05) is 0 Å². The maximum absolute atomic E-state index is 13.3. The molecular weight excluding hydrogens is 263 g/mol. The van der Waals surface area contributed by atoms with Gasteiger partial charge in [0.25, 0.3) is 5.91 Å². The van der Waals surface area contributed by atoms with E-state index >= 15 is 0 Å². The number of nitrogens with zero attached hydrogens (tertiary/aromatic N) is 3. The third-order valence-corrected chi connectivity index (χ3v) is 2.58. The number of hydrogen-bond acceptors (Lipinski definition) is 6. The fourth-order valence-electron chi connectivity index (χ4n) is 1.20. The quantitative estimate of drug-likeness (QED) is 0.676. The van der Waals surface area contributed by atoms with Crippen LogP contribution >= 0.6 is 11.5 Å². The van der Waals surface area contributed by atoms with Crippen LogP contribution in [-0.2, 0) is 0 Å². The Hall–Kier alpha value is -2.42. The van der Waals surface area contributed by atoms with Crippen molar-refractivity contribution >= 4 is 28.1 Å². The topological polar surface area (TPSA) is 98.0 Å². The first-order valence-corrected chi connectivity index (χ1v) is 5.38. The van der Waals surface area contributed by atoms with E-state index in [0.717, 1.165) is 23.7 Å². The average Bonchev–Trinajstić information content (AvgIpc) is 2.81. The standard InChI is InChI=1S/C9H5FN4O3S/c10-6-3-5(1-2-7(6)14(16)17)9(15)12-8-4-11-13-18-8/h1-4H,(H,12,15). The summed E-state index contributed by atoms with van der Waals surface area (Å²) in [5.41, 5.74) is -0.697. The van der Waals surface area contributed by atoms with Crippen LogP contribution in [-0.4, -0.2) is 20.4 Å². The van der Waals surface area contributed by atoms with Gasteiger partial charge in [0, 0.05) is 23.2 Å². The van der Waals surface area contributed by atoms with Gasteiger partial charge in [-0.05, 0) is 12.1 Å². The largest absolute Gasteiger partial charge is 0.311 e. The van der Waals surface area contributed by atoms with Gasteiger partial charge in [-0.25, -0.2) is 0 Å². The molecule has 1 N–H and O–H groups in total. The van der Waals surface area contributed by atoms with Gasteiger partial charge in [-0.3, -0.25) is 14.9 Å². The highest BCUT2D eigenvalue weighted by molar-refractivity contribution is 7.10. The molecule has 1 amide bonds. The number of hydrogen-bond donors (Lipinski definition) is 1. The monoisotopic (exact) mass is 268 g/mol. The zero-order valence-corrected chi connectivity index (χ0v) is 9.48. The fourth-order valence-corrected chi connectivity index (χ4v) is 1.62. The molecule has 18 heavy (non-hydrogen) atoms. The van der Waals surface area contributed by atoms with Crippen LogP contribution in [0, 0.1) is 15.9 Å². The highest BCUT2D eigenvalue weighted by atomic mass is 32.1. The number of rotatable bonds is 3. The number of carbonyl (C=O) groups is 1. The number of amides is 1. The molecular formula is C9H5FN4O3S. The maximum Gasteiger partial charge on any atom is 0.304 e. The summed E-state index contributed by atoms with van der Waals surface area (Å²) in [5.74, 6) is -1.65. The van der Waals surface area contributed by atoms with E-state index in [1.165, 1.54) is 12.3 Å². The Morgan fingerprint density at radius 3 is 2.83 bits per heavy atom. The second kappa shape index (κ2) is 4.84.